The van der Waals surface area contributed by atoms with Crippen molar-refractivity contribution in [3.8, 4) is 0 Å². The highest BCUT2D eigenvalue weighted by Crippen LogP contribution is 2.24. The molecule has 0 heterocycles. The number of nitrogens with zero attached hydrogens (tertiary/aromatic N) is 1. The van der Waals surface area contributed by atoms with Crippen LogP contribution < -0.4 is 5.32 Å². The minimum absolute atomic E-state index is 0.0356. The number of carboxylic acids is 1. The summed E-state index contributed by atoms with van der Waals surface area (Å²) in [5.74, 6) is -1.37. The maximum Gasteiger partial charge on any atom is 0.306 e. The fourth-order valence-electron chi connectivity index (χ4n) is 2.08. The van der Waals surface area contributed by atoms with Crippen LogP contribution in [0, 0.1) is 5.92 Å². The Bertz CT molecular complexity index is 335. The van der Waals surface area contributed by atoms with Crippen LogP contribution in [0.3, 0.4) is 0 Å². The van der Waals surface area contributed by atoms with Gasteiger partial charge in [0.1, 0.15) is 0 Å². The third-order valence-corrected chi connectivity index (χ3v) is 3.36. The first-order valence-electron chi connectivity index (χ1n) is 6.14. The summed E-state index contributed by atoms with van der Waals surface area (Å²) in [7, 11) is 1.57. The normalized spacial score (nSPS) is 23.2. The van der Waals surface area contributed by atoms with Crippen molar-refractivity contribution < 1.29 is 19.5 Å². The number of nitrogens with one attached hydrogen (secondary N) is 1. The van der Waals surface area contributed by atoms with Gasteiger partial charge in [-0.1, -0.05) is 0 Å². The lowest BCUT2D eigenvalue weighted by molar-refractivity contribution is -0.143. The van der Waals surface area contributed by atoms with E-state index in [0.717, 1.165) is 0 Å². The largest absolute Gasteiger partial charge is 0.481 e. The van der Waals surface area contributed by atoms with Gasteiger partial charge in [0.25, 0.3) is 0 Å². The lowest BCUT2D eigenvalue weighted by Gasteiger charge is -2.27. The topological polar surface area (TPSA) is 86.7 Å². The summed E-state index contributed by atoms with van der Waals surface area (Å²) >= 11 is 0. The summed E-state index contributed by atoms with van der Waals surface area (Å²) in [6.45, 7) is 1.46. The van der Waals surface area contributed by atoms with Gasteiger partial charge in [-0.2, -0.15) is 0 Å². The molecular formula is C12H20N2O4. The molecule has 1 rings (SSSR count). The molecule has 1 aliphatic carbocycles. The Morgan fingerprint density at radius 3 is 2.22 bits per heavy atom. The number of hydrogen-bond acceptors (Lipinski definition) is 3. The monoisotopic (exact) mass is 256 g/mol. The van der Waals surface area contributed by atoms with Crippen molar-refractivity contribution in [3.63, 3.8) is 0 Å². The molecule has 0 bridgehead atoms. The SMILES string of the molecule is CC(=O)N(C)CC(=O)NC1CCC(C(=O)O)CC1. The quantitative estimate of drug-likeness (QED) is 0.753. The Morgan fingerprint density at radius 1 is 1.22 bits per heavy atom. The molecule has 6 nitrogen and oxygen atoms in total. The summed E-state index contributed by atoms with van der Waals surface area (Å²) in [6.07, 6.45) is 2.57. The highest BCUT2D eigenvalue weighted by atomic mass is 16.4. The van der Waals surface area contributed by atoms with Gasteiger partial charge in [0, 0.05) is 20.0 Å². The van der Waals surface area contributed by atoms with E-state index in [1.54, 1.807) is 7.05 Å². The summed E-state index contributed by atoms with van der Waals surface area (Å²) in [4.78, 5) is 34.7. The van der Waals surface area contributed by atoms with Gasteiger partial charge in [0.15, 0.2) is 0 Å². The van der Waals surface area contributed by atoms with Crippen LogP contribution in [0.2, 0.25) is 0 Å². The zero-order valence-corrected chi connectivity index (χ0v) is 10.8. The molecule has 0 atom stereocenters. The summed E-state index contributed by atoms with van der Waals surface area (Å²) in [5.41, 5.74) is 0. The minimum atomic E-state index is -0.754. The highest BCUT2D eigenvalue weighted by molar-refractivity contribution is 5.83. The molecule has 102 valence electrons. The van der Waals surface area contributed by atoms with Crippen molar-refractivity contribution in [1.82, 2.24) is 10.2 Å². The van der Waals surface area contributed by atoms with Gasteiger partial charge < -0.3 is 15.3 Å². The molecule has 0 unspecified atom stereocenters. The molecule has 18 heavy (non-hydrogen) atoms. The summed E-state index contributed by atoms with van der Waals surface area (Å²) in [6, 6.07) is 0.0356. The van der Waals surface area contributed by atoms with Gasteiger partial charge in [-0.05, 0) is 25.7 Å². The van der Waals surface area contributed by atoms with E-state index in [1.165, 1.54) is 11.8 Å². The maximum absolute atomic E-state index is 11.6. The molecule has 1 fully saturated rings. The van der Waals surface area contributed by atoms with Crippen molar-refractivity contribution >= 4 is 17.8 Å². The number of aliphatic carboxylic acids is 1. The van der Waals surface area contributed by atoms with Gasteiger partial charge in [-0.3, -0.25) is 14.4 Å². The van der Waals surface area contributed by atoms with E-state index in [1.807, 2.05) is 0 Å². The van der Waals surface area contributed by atoms with Crippen LogP contribution in [-0.2, 0) is 14.4 Å². The Labute approximate surface area is 106 Å². The number of carbonyl (C=O) groups excluding carboxylic acids is 2. The molecular weight excluding hydrogens is 236 g/mol. The van der Waals surface area contributed by atoms with Crippen molar-refractivity contribution in [1.29, 1.82) is 0 Å². The van der Waals surface area contributed by atoms with Crippen LogP contribution in [0.5, 0.6) is 0 Å². The minimum Gasteiger partial charge on any atom is -0.481 e. The first kappa shape index (κ1) is 14.5. The van der Waals surface area contributed by atoms with E-state index < -0.39 is 5.97 Å². The van der Waals surface area contributed by atoms with Gasteiger partial charge in [-0.25, -0.2) is 0 Å². The molecule has 2 N–H and O–H groups in total. The second-order valence-corrected chi connectivity index (χ2v) is 4.83. The average Bonchev–Trinajstić information content (AvgIpc) is 2.29. The maximum atomic E-state index is 11.6. The number of carbonyl (C=O) groups is 3. The molecule has 1 aliphatic rings. The van der Waals surface area contributed by atoms with E-state index in [4.69, 9.17) is 5.11 Å². The summed E-state index contributed by atoms with van der Waals surface area (Å²) < 4.78 is 0. The Morgan fingerprint density at radius 2 is 1.78 bits per heavy atom. The third kappa shape index (κ3) is 4.35. The second kappa shape index (κ2) is 6.37. The molecule has 0 spiro atoms. The lowest BCUT2D eigenvalue weighted by Crippen LogP contribution is -2.44. The molecule has 0 aromatic rings. The Balaban J connectivity index is 2.30. The van der Waals surface area contributed by atoms with Crippen molar-refractivity contribution in [2.45, 2.75) is 38.6 Å². The summed E-state index contributed by atoms with van der Waals surface area (Å²) in [5, 5.41) is 11.7. The van der Waals surface area contributed by atoms with E-state index in [0.29, 0.717) is 25.7 Å². The average molecular weight is 256 g/mol. The fraction of sp³-hybridized carbons (Fsp3) is 0.750. The number of hydrogen-bond donors (Lipinski definition) is 2. The lowest BCUT2D eigenvalue weighted by atomic mass is 9.86. The van der Waals surface area contributed by atoms with Crippen molar-refractivity contribution in [3.05, 3.63) is 0 Å². The predicted molar refractivity (Wildman–Crippen MR) is 64.8 cm³/mol. The van der Waals surface area contributed by atoms with Gasteiger partial charge in [0.2, 0.25) is 11.8 Å². The van der Waals surface area contributed by atoms with Crippen LogP contribution in [-0.4, -0.2) is 47.4 Å². The van der Waals surface area contributed by atoms with Crippen LogP contribution in [0.1, 0.15) is 32.6 Å². The number of amides is 2. The van der Waals surface area contributed by atoms with Gasteiger partial charge in [0.05, 0.1) is 12.5 Å². The molecule has 0 radical (unpaired) electrons. The highest BCUT2D eigenvalue weighted by Gasteiger charge is 2.26. The molecule has 6 heteroatoms. The standard InChI is InChI=1S/C12H20N2O4/c1-8(15)14(2)7-11(16)13-10-5-3-9(4-6-10)12(17)18/h9-10H,3-7H2,1-2H3,(H,13,16)(H,17,18). The Kier molecular flexibility index (Phi) is 5.12. The van der Waals surface area contributed by atoms with Gasteiger partial charge >= 0.3 is 5.97 Å². The van der Waals surface area contributed by atoms with Crippen LogP contribution >= 0.6 is 0 Å². The van der Waals surface area contributed by atoms with Crippen molar-refractivity contribution in [2.24, 2.45) is 5.92 Å². The first-order chi connectivity index (χ1) is 8.40. The molecule has 0 aliphatic heterocycles. The molecule has 0 saturated heterocycles. The van der Waals surface area contributed by atoms with Crippen LogP contribution in [0.25, 0.3) is 0 Å². The number of likely N-dealkylation sites (N-methyl/N-ethyl adjacent to an activating group) is 1. The third-order valence-electron chi connectivity index (χ3n) is 3.36. The number of rotatable bonds is 4. The van der Waals surface area contributed by atoms with E-state index >= 15 is 0 Å². The number of carboxylic acid groups (broad SMARTS) is 1. The Hall–Kier alpha value is -1.59. The van der Waals surface area contributed by atoms with E-state index in [-0.39, 0.29) is 30.3 Å². The van der Waals surface area contributed by atoms with Crippen LogP contribution in [0.4, 0.5) is 0 Å². The van der Waals surface area contributed by atoms with Crippen molar-refractivity contribution in [2.75, 3.05) is 13.6 Å². The fourth-order valence-corrected chi connectivity index (χ4v) is 2.08. The zero-order chi connectivity index (χ0) is 13.7. The predicted octanol–water partition coefficient (Wildman–Crippen LogP) is 0.224. The van der Waals surface area contributed by atoms with Gasteiger partial charge in [-0.15, -0.1) is 0 Å². The van der Waals surface area contributed by atoms with Crippen LogP contribution in [0.15, 0.2) is 0 Å². The van der Waals surface area contributed by atoms with E-state index in [2.05, 4.69) is 5.32 Å². The zero-order valence-electron chi connectivity index (χ0n) is 10.8. The molecule has 2 amide bonds. The van der Waals surface area contributed by atoms with E-state index in [9.17, 15) is 14.4 Å². The second-order valence-electron chi connectivity index (χ2n) is 4.83. The molecule has 0 aromatic carbocycles. The first-order valence-corrected chi connectivity index (χ1v) is 6.14. The smallest absolute Gasteiger partial charge is 0.306 e. The molecule has 0 aromatic heterocycles. The molecule has 1 saturated carbocycles.